The number of carbonyl (C=O) groups is 1. The fraction of sp³-hybridized carbons (Fsp3) is 0.304. The van der Waals surface area contributed by atoms with Crippen molar-refractivity contribution in [1.82, 2.24) is 20.4 Å². The van der Waals surface area contributed by atoms with Crippen molar-refractivity contribution in [2.24, 2.45) is 5.92 Å². The van der Waals surface area contributed by atoms with E-state index in [0.29, 0.717) is 18.1 Å². The molecule has 0 spiro atoms. The van der Waals surface area contributed by atoms with Crippen LogP contribution < -0.4 is 5.32 Å². The highest BCUT2D eigenvalue weighted by molar-refractivity contribution is 5.79. The van der Waals surface area contributed by atoms with Crippen molar-refractivity contribution in [3.05, 3.63) is 65.8 Å². The Morgan fingerprint density at radius 1 is 1.21 bits per heavy atom. The van der Waals surface area contributed by atoms with E-state index < -0.39 is 0 Å². The smallest absolute Gasteiger partial charge is 0.223 e. The van der Waals surface area contributed by atoms with Crippen molar-refractivity contribution < 1.29 is 9.32 Å². The highest BCUT2D eigenvalue weighted by Crippen LogP contribution is 2.30. The van der Waals surface area contributed by atoms with Crippen molar-refractivity contribution in [2.45, 2.75) is 39.7 Å². The number of aromatic nitrogens is 3. The van der Waals surface area contributed by atoms with E-state index in [9.17, 15) is 4.79 Å². The summed E-state index contributed by atoms with van der Waals surface area (Å²) < 4.78 is 5.42. The molecule has 1 amide bonds. The molecule has 1 aromatic carbocycles. The summed E-state index contributed by atoms with van der Waals surface area (Å²) in [5.74, 6) is 1.57. The van der Waals surface area contributed by atoms with Crippen LogP contribution in [0.25, 0.3) is 22.6 Å². The molecule has 29 heavy (non-hydrogen) atoms. The molecule has 2 aromatic heterocycles. The van der Waals surface area contributed by atoms with Gasteiger partial charge in [-0.25, -0.2) is 9.97 Å². The van der Waals surface area contributed by atoms with Crippen molar-refractivity contribution >= 4 is 5.91 Å². The van der Waals surface area contributed by atoms with Gasteiger partial charge in [0.1, 0.15) is 5.82 Å². The van der Waals surface area contributed by atoms with Crippen LogP contribution in [-0.4, -0.2) is 21.0 Å². The van der Waals surface area contributed by atoms with Crippen molar-refractivity contribution in [2.75, 3.05) is 0 Å². The van der Waals surface area contributed by atoms with Crippen molar-refractivity contribution in [1.29, 1.82) is 0 Å². The van der Waals surface area contributed by atoms with Crippen LogP contribution in [-0.2, 0) is 11.3 Å². The zero-order valence-electron chi connectivity index (χ0n) is 16.7. The first-order chi connectivity index (χ1) is 14.1. The molecule has 1 aliphatic carbocycles. The van der Waals surface area contributed by atoms with Gasteiger partial charge in [-0.1, -0.05) is 41.6 Å². The molecule has 0 fully saturated rings. The van der Waals surface area contributed by atoms with Gasteiger partial charge >= 0.3 is 0 Å². The van der Waals surface area contributed by atoms with Crippen LogP contribution in [0.3, 0.4) is 0 Å². The van der Waals surface area contributed by atoms with Crippen LogP contribution in [0.15, 0.2) is 53.2 Å². The summed E-state index contributed by atoms with van der Waals surface area (Å²) >= 11 is 0. The van der Waals surface area contributed by atoms with E-state index in [1.807, 2.05) is 44.2 Å². The van der Waals surface area contributed by atoms with E-state index in [1.165, 1.54) is 0 Å². The van der Waals surface area contributed by atoms with Crippen molar-refractivity contribution in [3.63, 3.8) is 0 Å². The van der Waals surface area contributed by atoms with Gasteiger partial charge < -0.3 is 9.84 Å². The molecule has 0 bridgehead atoms. The van der Waals surface area contributed by atoms with Gasteiger partial charge in [-0.05, 0) is 38.7 Å². The first kappa shape index (κ1) is 19.1. The van der Waals surface area contributed by atoms with E-state index >= 15 is 0 Å². The number of hydrogen-bond donors (Lipinski definition) is 1. The molecular formula is C23H24N4O2. The molecule has 0 saturated carbocycles. The number of carbonyl (C=O) groups excluding carboxylic acids is 1. The molecule has 0 unspecified atom stereocenters. The maximum absolute atomic E-state index is 12.3. The van der Waals surface area contributed by atoms with Crippen LogP contribution in [0.2, 0.25) is 0 Å². The molecule has 3 aromatic rings. The molecule has 6 nitrogen and oxygen atoms in total. The number of hydrogen-bond acceptors (Lipinski definition) is 5. The quantitative estimate of drug-likeness (QED) is 0.656. The fourth-order valence-electron chi connectivity index (χ4n) is 3.51. The summed E-state index contributed by atoms with van der Waals surface area (Å²) in [6.07, 6.45) is 8.76. The average molecular weight is 388 g/mol. The summed E-state index contributed by atoms with van der Waals surface area (Å²) in [5.41, 5.74) is 4.44. The number of nitrogens with zero attached hydrogens (tertiary/aromatic N) is 3. The van der Waals surface area contributed by atoms with E-state index in [0.717, 1.165) is 47.3 Å². The molecule has 2 heterocycles. The first-order valence-corrected chi connectivity index (χ1v) is 9.89. The molecule has 6 heteroatoms. The molecular weight excluding hydrogens is 364 g/mol. The highest BCUT2D eigenvalue weighted by atomic mass is 16.5. The van der Waals surface area contributed by atoms with Crippen LogP contribution in [0, 0.1) is 19.8 Å². The van der Waals surface area contributed by atoms with Gasteiger partial charge in [-0.2, -0.15) is 0 Å². The number of aryl methyl sites for hydroxylation is 2. The highest BCUT2D eigenvalue weighted by Gasteiger charge is 2.18. The van der Waals surface area contributed by atoms with Crippen LogP contribution in [0.5, 0.6) is 0 Å². The summed E-state index contributed by atoms with van der Waals surface area (Å²) in [5, 5.41) is 7.02. The van der Waals surface area contributed by atoms with Crippen LogP contribution in [0.4, 0.5) is 0 Å². The lowest BCUT2D eigenvalue weighted by Gasteiger charge is -2.17. The third-order valence-electron chi connectivity index (χ3n) is 5.14. The summed E-state index contributed by atoms with van der Waals surface area (Å²) in [6.45, 7) is 4.27. The van der Waals surface area contributed by atoms with Gasteiger partial charge in [-0.15, -0.1) is 0 Å². The maximum Gasteiger partial charge on any atom is 0.223 e. The lowest BCUT2D eigenvalue weighted by molar-refractivity contribution is -0.125. The largest absolute Gasteiger partial charge is 0.356 e. The summed E-state index contributed by atoms with van der Waals surface area (Å²) in [7, 11) is 0. The van der Waals surface area contributed by atoms with E-state index in [2.05, 4.69) is 32.6 Å². The fourth-order valence-corrected chi connectivity index (χ4v) is 3.51. The molecule has 0 radical (unpaired) electrons. The Morgan fingerprint density at radius 3 is 2.72 bits per heavy atom. The molecule has 4 rings (SSSR count). The Bertz CT molecular complexity index is 1040. The van der Waals surface area contributed by atoms with Gasteiger partial charge in [0, 0.05) is 30.3 Å². The maximum atomic E-state index is 12.3. The number of rotatable bonds is 5. The second kappa shape index (κ2) is 8.39. The monoisotopic (exact) mass is 388 g/mol. The summed E-state index contributed by atoms with van der Waals surface area (Å²) in [6, 6.07) is 9.94. The number of benzene rings is 1. The van der Waals surface area contributed by atoms with Crippen molar-refractivity contribution in [3.8, 4) is 22.6 Å². The zero-order chi connectivity index (χ0) is 20.2. The van der Waals surface area contributed by atoms with Gasteiger partial charge in [-0.3, -0.25) is 4.79 Å². The average Bonchev–Trinajstić information content (AvgIpc) is 3.19. The Morgan fingerprint density at radius 2 is 2.03 bits per heavy atom. The van der Waals surface area contributed by atoms with Crippen LogP contribution in [0.1, 0.15) is 36.3 Å². The standard InChI is InChI=1S/C23H24N4O2/c1-15-12-21(29-27-15)20-14-24-16(2)26-22(20)18-10-8-17(9-11-18)13-25-23(28)19-6-4-3-5-7-19/h3-4,8-12,14,19H,5-7,13H2,1-2H3,(H,25,28)/t19-/m1/s1. The van der Waals surface area contributed by atoms with E-state index in [1.54, 1.807) is 6.20 Å². The normalized spacial score (nSPS) is 16.0. The predicted octanol–water partition coefficient (Wildman–Crippen LogP) is 4.39. The minimum absolute atomic E-state index is 0.0937. The molecule has 0 saturated heterocycles. The van der Waals surface area contributed by atoms with E-state index in [4.69, 9.17) is 4.52 Å². The Labute approximate surface area is 170 Å². The minimum Gasteiger partial charge on any atom is -0.356 e. The number of amides is 1. The lowest BCUT2D eigenvalue weighted by atomic mass is 9.93. The second-order valence-corrected chi connectivity index (χ2v) is 7.41. The molecule has 1 atom stereocenters. The van der Waals surface area contributed by atoms with Gasteiger partial charge in [0.2, 0.25) is 5.91 Å². The first-order valence-electron chi connectivity index (χ1n) is 9.89. The van der Waals surface area contributed by atoms with Gasteiger partial charge in [0.15, 0.2) is 5.76 Å². The minimum atomic E-state index is 0.0937. The topological polar surface area (TPSA) is 80.9 Å². The predicted molar refractivity (Wildman–Crippen MR) is 111 cm³/mol. The third kappa shape index (κ3) is 4.42. The molecule has 148 valence electrons. The molecule has 0 aliphatic heterocycles. The Hall–Kier alpha value is -3.28. The Balaban J connectivity index is 1.50. The zero-order valence-corrected chi connectivity index (χ0v) is 16.7. The SMILES string of the molecule is Cc1cc(-c2cnc(C)nc2-c2ccc(CNC(=O)[C@@H]3CC=CCC3)cc2)on1. The molecule has 1 aliphatic rings. The summed E-state index contributed by atoms with van der Waals surface area (Å²) in [4.78, 5) is 21.3. The Kier molecular flexibility index (Phi) is 5.51. The molecule has 1 N–H and O–H groups in total. The lowest BCUT2D eigenvalue weighted by Crippen LogP contribution is -2.30. The van der Waals surface area contributed by atoms with Gasteiger partial charge in [0.25, 0.3) is 0 Å². The van der Waals surface area contributed by atoms with E-state index in [-0.39, 0.29) is 11.8 Å². The van der Waals surface area contributed by atoms with Gasteiger partial charge in [0.05, 0.1) is 17.0 Å². The third-order valence-corrected chi connectivity index (χ3v) is 5.14. The second-order valence-electron chi connectivity index (χ2n) is 7.41. The number of nitrogens with one attached hydrogen (secondary N) is 1. The number of allylic oxidation sites excluding steroid dienone is 2. The van der Waals surface area contributed by atoms with Crippen LogP contribution >= 0.6 is 0 Å².